The maximum absolute atomic E-state index is 13.6. The second kappa shape index (κ2) is 7.22. The van der Waals surface area contributed by atoms with Crippen LogP contribution < -0.4 is 11.3 Å². The molecule has 2 nitrogen and oxygen atoms in total. The summed E-state index contributed by atoms with van der Waals surface area (Å²) < 4.78 is 27.1. The molecule has 1 unspecified atom stereocenters. The molecule has 0 spiro atoms. The van der Waals surface area contributed by atoms with Crippen LogP contribution in [0.2, 0.25) is 0 Å². The van der Waals surface area contributed by atoms with Gasteiger partial charge in [0.15, 0.2) is 0 Å². The Morgan fingerprint density at radius 3 is 2.47 bits per heavy atom. The monoisotopic (exact) mass is 286 g/mol. The van der Waals surface area contributed by atoms with Crippen molar-refractivity contribution in [3.05, 3.63) is 35.4 Å². The zero-order valence-electron chi connectivity index (χ0n) is 10.9. The van der Waals surface area contributed by atoms with E-state index in [2.05, 4.69) is 5.43 Å². The van der Waals surface area contributed by atoms with Crippen molar-refractivity contribution >= 4 is 11.8 Å². The zero-order chi connectivity index (χ0) is 13.7. The Hall–Kier alpha value is -0.650. The van der Waals surface area contributed by atoms with E-state index in [1.807, 2.05) is 11.8 Å². The van der Waals surface area contributed by atoms with Crippen molar-refractivity contribution in [1.29, 1.82) is 0 Å². The molecule has 0 aromatic heterocycles. The van der Waals surface area contributed by atoms with Crippen molar-refractivity contribution < 1.29 is 8.78 Å². The van der Waals surface area contributed by atoms with Gasteiger partial charge in [-0.1, -0.05) is 18.9 Å². The molecule has 5 heteroatoms. The highest BCUT2D eigenvalue weighted by Gasteiger charge is 2.19. The average molecular weight is 286 g/mol. The Bertz CT molecular complexity index is 388. The summed E-state index contributed by atoms with van der Waals surface area (Å²) in [6.45, 7) is 0. The van der Waals surface area contributed by atoms with Gasteiger partial charge in [-0.05, 0) is 31.4 Å². The second-order valence-corrected chi connectivity index (χ2v) is 6.34. The molecule has 2 rings (SSSR count). The summed E-state index contributed by atoms with van der Waals surface area (Å²) in [5.41, 5.74) is 2.80. The topological polar surface area (TPSA) is 38.0 Å². The van der Waals surface area contributed by atoms with Gasteiger partial charge in [0.2, 0.25) is 0 Å². The van der Waals surface area contributed by atoms with Gasteiger partial charge in [-0.25, -0.2) is 8.78 Å². The lowest BCUT2D eigenvalue weighted by Gasteiger charge is -2.18. The van der Waals surface area contributed by atoms with Crippen LogP contribution in [-0.2, 0) is 6.42 Å². The summed E-state index contributed by atoms with van der Waals surface area (Å²) in [4.78, 5) is 0. The standard InChI is InChI=1S/C14H20F2N2S/c15-13-6-3-7-14(16)12(13)8-10(18-17)9-19-11-4-1-2-5-11/h3,6-7,10-11,18H,1-2,4-5,8-9,17H2. The molecule has 1 saturated carbocycles. The van der Waals surface area contributed by atoms with E-state index < -0.39 is 11.6 Å². The number of rotatable bonds is 6. The molecule has 1 aromatic carbocycles. The van der Waals surface area contributed by atoms with Crippen molar-refractivity contribution in [2.75, 3.05) is 5.75 Å². The van der Waals surface area contributed by atoms with Crippen LogP contribution in [0.4, 0.5) is 8.78 Å². The van der Waals surface area contributed by atoms with Crippen molar-refractivity contribution in [3.8, 4) is 0 Å². The third-order valence-corrected chi connectivity index (χ3v) is 5.12. The summed E-state index contributed by atoms with van der Waals surface area (Å²) in [6.07, 6.45) is 5.36. The number of nitrogens with two attached hydrogens (primary N) is 1. The molecule has 1 aromatic rings. The largest absolute Gasteiger partial charge is 0.271 e. The van der Waals surface area contributed by atoms with Gasteiger partial charge in [-0.3, -0.25) is 11.3 Å². The number of hydrogen-bond donors (Lipinski definition) is 2. The lowest BCUT2D eigenvalue weighted by molar-refractivity contribution is 0.512. The average Bonchev–Trinajstić information content (AvgIpc) is 2.91. The minimum absolute atomic E-state index is 0.100. The summed E-state index contributed by atoms with van der Waals surface area (Å²) in [7, 11) is 0. The Morgan fingerprint density at radius 1 is 1.26 bits per heavy atom. The van der Waals surface area contributed by atoms with Gasteiger partial charge < -0.3 is 0 Å². The Morgan fingerprint density at radius 2 is 1.89 bits per heavy atom. The first-order valence-electron chi connectivity index (χ1n) is 6.71. The highest BCUT2D eigenvalue weighted by molar-refractivity contribution is 7.99. The molecule has 0 aliphatic heterocycles. The molecule has 3 N–H and O–H groups in total. The molecule has 1 aliphatic carbocycles. The fourth-order valence-electron chi connectivity index (χ4n) is 2.45. The molecule has 1 fully saturated rings. The minimum Gasteiger partial charge on any atom is -0.271 e. The number of hydrogen-bond acceptors (Lipinski definition) is 3. The highest BCUT2D eigenvalue weighted by Crippen LogP contribution is 2.30. The van der Waals surface area contributed by atoms with Gasteiger partial charge >= 0.3 is 0 Å². The van der Waals surface area contributed by atoms with E-state index in [1.54, 1.807) is 0 Å². The number of benzene rings is 1. The van der Waals surface area contributed by atoms with Crippen LogP contribution in [0.3, 0.4) is 0 Å². The molecule has 0 heterocycles. The van der Waals surface area contributed by atoms with Crippen LogP contribution in [0.15, 0.2) is 18.2 Å². The number of nitrogens with one attached hydrogen (secondary N) is 1. The predicted octanol–water partition coefficient (Wildman–Crippen LogP) is 3.02. The fourth-order valence-corrected chi connectivity index (χ4v) is 3.83. The maximum Gasteiger partial charge on any atom is 0.129 e. The molecule has 0 saturated heterocycles. The molecule has 0 bridgehead atoms. The minimum atomic E-state index is -0.494. The van der Waals surface area contributed by atoms with E-state index in [0.717, 1.165) is 5.75 Å². The molecular weight excluding hydrogens is 266 g/mol. The lowest BCUT2D eigenvalue weighted by atomic mass is 10.1. The number of hydrazine groups is 1. The van der Waals surface area contributed by atoms with Crippen molar-refractivity contribution in [2.45, 2.75) is 43.4 Å². The van der Waals surface area contributed by atoms with E-state index in [9.17, 15) is 8.78 Å². The van der Waals surface area contributed by atoms with Gasteiger partial charge in [0.05, 0.1) is 0 Å². The van der Waals surface area contributed by atoms with Crippen molar-refractivity contribution in [1.82, 2.24) is 5.43 Å². The molecule has 1 atom stereocenters. The van der Waals surface area contributed by atoms with Gasteiger partial charge in [0.25, 0.3) is 0 Å². The van der Waals surface area contributed by atoms with Crippen LogP contribution in [0, 0.1) is 11.6 Å². The first-order valence-corrected chi connectivity index (χ1v) is 7.76. The maximum atomic E-state index is 13.6. The van der Waals surface area contributed by atoms with E-state index in [1.165, 1.54) is 43.9 Å². The third kappa shape index (κ3) is 4.16. The molecule has 0 amide bonds. The van der Waals surface area contributed by atoms with Crippen LogP contribution in [0.1, 0.15) is 31.2 Å². The van der Waals surface area contributed by atoms with Gasteiger partial charge in [0, 0.05) is 22.6 Å². The van der Waals surface area contributed by atoms with E-state index in [-0.39, 0.29) is 18.0 Å². The quantitative estimate of drug-likeness (QED) is 0.623. The van der Waals surface area contributed by atoms with Gasteiger partial charge in [-0.15, -0.1) is 0 Å². The summed E-state index contributed by atoms with van der Waals surface area (Å²) in [5.74, 6) is 5.30. The second-order valence-electron chi connectivity index (χ2n) is 5.01. The first kappa shape index (κ1) is 14.8. The molecular formula is C14H20F2N2S. The fraction of sp³-hybridized carbons (Fsp3) is 0.571. The van der Waals surface area contributed by atoms with Gasteiger partial charge in [-0.2, -0.15) is 11.8 Å². The molecule has 0 radical (unpaired) electrons. The summed E-state index contributed by atoms with van der Waals surface area (Å²) in [5, 5.41) is 0.682. The van der Waals surface area contributed by atoms with Crippen molar-refractivity contribution in [3.63, 3.8) is 0 Å². The highest BCUT2D eigenvalue weighted by atomic mass is 32.2. The van der Waals surface area contributed by atoms with E-state index >= 15 is 0 Å². The number of halogens is 2. The van der Waals surface area contributed by atoms with Crippen LogP contribution in [0.5, 0.6) is 0 Å². The number of thioether (sulfide) groups is 1. The molecule has 106 valence electrons. The van der Waals surface area contributed by atoms with Crippen LogP contribution in [-0.4, -0.2) is 17.0 Å². The molecule has 1 aliphatic rings. The smallest absolute Gasteiger partial charge is 0.129 e. The third-order valence-electron chi connectivity index (χ3n) is 3.58. The Labute approximate surface area is 117 Å². The van der Waals surface area contributed by atoms with Crippen LogP contribution >= 0.6 is 11.8 Å². The first-order chi connectivity index (χ1) is 9.20. The SMILES string of the molecule is NNC(CSC1CCCC1)Cc1c(F)cccc1F. The van der Waals surface area contributed by atoms with E-state index in [0.29, 0.717) is 5.25 Å². The lowest BCUT2D eigenvalue weighted by Crippen LogP contribution is -2.39. The normalized spacial score (nSPS) is 17.8. The Balaban J connectivity index is 1.90. The van der Waals surface area contributed by atoms with Gasteiger partial charge in [0.1, 0.15) is 11.6 Å². The van der Waals surface area contributed by atoms with E-state index in [4.69, 9.17) is 5.84 Å². The van der Waals surface area contributed by atoms with Crippen molar-refractivity contribution in [2.24, 2.45) is 5.84 Å². The summed E-state index contributed by atoms with van der Waals surface area (Å²) in [6, 6.07) is 3.86. The Kier molecular flexibility index (Phi) is 5.60. The van der Waals surface area contributed by atoms with Crippen LogP contribution in [0.25, 0.3) is 0 Å². The summed E-state index contributed by atoms with van der Waals surface area (Å²) >= 11 is 1.86. The predicted molar refractivity (Wildman–Crippen MR) is 75.9 cm³/mol. The zero-order valence-corrected chi connectivity index (χ0v) is 11.7. The molecule has 19 heavy (non-hydrogen) atoms.